The van der Waals surface area contributed by atoms with E-state index in [4.69, 9.17) is 21.1 Å². The van der Waals surface area contributed by atoms with Gasteiger partial charge in [-0.3, -0.25) is 0 Å². The van der Waals surface area contributed by atoms with E-state index in [1.165, 1.54) is 0 Å². The molecule has 0 spiro atoms. The van der Waals surface area contributed by atoms with Crippen LogP contribution in [0.2, 0.25) is 5.02 Å². The largest absolute Gasteiger partial charge is 0.496 e. The molecule has 1 aliphatic heterocycles. The van der Waals surface area contributed by atoms with Crippen LogP contribution in [0.15, 0.2) is 71.4 Å². The van der Waals surface area contributed by atoms with Gasteiger partial charge in [0.2, 0.25) is 5.90 Å². The van der Waals surface area contributed by atoms with Crippen molar-refractivity contribution >= 4 is 40.3 Å². The van der Waals surface area contributed by atoms with Crippen LogP contribution in [0.5, 0.6) is 5.75 Å². The third kappa shape index (κ3) is 2.95. The number of aliphatic imine (C=N–C) groups is 1. The first-order chi connectivity index (χ1) is 12.7. The summed E-state index contributed by atoms with van der Waals surface area (Å²) in [7, 11) is 1.60. The predicted molar refractivity (Wildman–Crippen MR) is 103 cm³/mol. The Bertz CT molecular complexity index is 1070. The highest BCUT2D eigenvalue weighted by atomic mass is 35.5. The summed E-state index contributed by atoms with van der Waals surface area (Å²) in [5.74, 6) is 0.432. The molecule has 0 N–H and O–H groups in total. The van der Waals surface area contributed by atoms with Gasteiger partial charge in [-0.25, -0.2) is 9.79 Å². The second kappa shape index (κ2) is 6.65. The van der Waals surface area contributed by atoms with E-state index in [1.54, 1.807) is 37.5 Å². The quantitative estimate of drug-likeness (QED) is 0.494. The molecule has 0 aromatic heterocycles. The van der Waals surface area contributed by atoms with E-state index < -0.39 is 5.97 Å². The van der Waals surface area contributed by atoms with Crippen LogP contribution in [0.25, 0.3) is 16.8 Å². The van der Waals surface area contributed by atoms with Gasteiger partial charge in [0, 0.05) is 16.1 Å². The van der Waals surface area contributed by atoms with Crippen LogP contribution in [-0.4, -0.2) is 19.0 Å². The van der Waals surface area contributed by atoms with Crippen molar-refractivity contribution in [1.82, 2.24) is 0 Å². The second-order valence-electron chi connectivity index (χ2n) is 5.75. The first-order valence-corrected chi connectivity index (χ1v) is 8.38. The number of methoxy groups -OCH3 is 1. The van der Waals surface area contributed by atoms with Gasteiger partial charge in [-0.05, 0) is 47.2 Å². The molecule has 4 rings (SSSR count). The molecule has 0 bridgehead atoms. The molecule has 3 aromatic rings. The highest BCUT2D eigenvalue weighted by Crippen LogP contribution is 2.31. The minimum absolute atomic E-state index is 0.226. The molecule has 5 heteroatoms. The van der Waals surface area contributed by atoms with Gasteiger partial charge in [-0.15, -0.1) is 0 Å². The van der Waals surface area contributed by atoms with E-state index in [1.807, 2.05) is 36.4 Å². The van der Waals surface area contributed by atoms with Gasteiger partial charge in [-0.1, -0.05) is 41.9 Å². The number of hydrogen-bond acceptors (Lipinski definition) is 4. The van der Waals surface area contributed by atoms with Crippen LogP contribution >= 0.6 is 11.6 Å². The Hall–Kier alpha value is -3.11. The number of esters is 1. The maximum atomic E-state index is 12.3. The average molecular weight is 364 g/mol. The SMILES string of the molecule is COc1ccc2ccccc2c1C=C1N=C(c2ccc(Cl)cc2)OC1=O. The molecule has 0 aliphatic carbocycles. The van der Waals surface area contributed by atoms with Gasteiger partial charge < -0.3 is 9.47 Å². The second-order valence-corrected chi connectivity index (χ2v) is 6.18. The zero-order valence-corrected chi connectivity index (χ0v) is 14.7. The topological polar surface area (TPSA) is 47.9 Å². The van der Waals surface area contributed by atoms with Crippen molar-refractivity contribution in [2.45, 2.75) is 0 Å². The predicted octanol–water partition coefficient (Wildman–Crippen LogP) is 4.85. The van der Waals surface area contributed by atoms with Crippen LogP contribution in [0.3, 0.4) is 0 Å². The number of carbonyl (C=O) groups excluding carboxylic acids is 1. The van der Waals surface area contributed by atoms with Gasteiger partial charge in [0.15, 0.2) is 5.70 Å². The molecular weight excluding hydrogens is 350 g/mol. The van der Waals surface area contributed by atoms with Gasteiger partial charge >= 0.3 is 5.97 Å². The molecule has 0 saturated carbocycles. The molecule has 0 unspecified atom stereocenters. The molecule has 0 saturated heterocycles. The Morgan fingerprint density at radius 3 is 2.58 bits per heavy atom. The van der Waals surface area contributed by atoms with Crippen molar-refractivity contribution in [2.24, 2.45) is 4.99 Å². The molecule has 1 aliphatic rings. The Morgan fingerprint density at radius 1 is 1.04 bits per heavy atom. The van der Waals surface area contributed by atoms with Crippen molar-refractivity contribution in [3.8, 4) is 5.75 Å². The average Bonchev–Trinajstić information content (AvgIpc) is 3.03. The van der Waals surface area contributed by atoms with E-state index in [0.717, 1.165) is 16.3 Å². The number of fused-ring (bicyclic) bond motifs is 1. The van der Waals surface area contributed by atoms with Gasteiger partial charge in [0.1, 0.15) is 5.75 Å². The summed E-state index contributed by atoms with van der Waals surface area (Å²) in [5.41, 5.74) is 1.71. The first-order valence-electron chi connectivity index (χ1n) is 8.00. The zero-order chi connectivity index (χ0) is 18.1. The normalized spacial score (nSPS) is 15.2. The minimum Gasteiger partial charge on any atom is -0.496 e. The third-order valence-corrected chi connectivity index (χ3v) is 4.40. The lowest BCUT2D eigenvalue weighted by Gasteiger charge is -2.08. The molecule has 0 amide bonds. The fraction of sp³-hybridized carbons (Fsp3) is 0.0476. The standard InChI is InChI=1S/C21H14ClNO3/c1-25-19-11-8-13-4-2-3-5-16(13)17(19)12-18-21(24)26-20(23-18)14-6-9-15(22)10-7-14/h2-12H,1H3. The van der Waals surface area contributed by atoms with E-state index in [9.17, 15) is 4.79 Å². The van der Waals surface area contributed by atoms with E-state index in [2.05, 4.69) is 4.99 Å². The molecular formula is C21H14ClNO3. The van der Waals surface area contributed by atoms with Crippen molar-refractivity contribution < 1.29 is 14.3 Å². The fourth-order valence-corrected chi connectivity index (χ4v) is 2.99. The maximum Gasteiger partial charge on any atom is 0.363 e. The summed E-state index contributed by atoms with van der Waals surface area (Å²) in [5, 5.41) is 2.63. The lowest BCUT2D eigenvalue weighted by molar-refractivity contribution is -0.129. The summed E-state index contributed by atoms with van der Waals surface area (Å²) in [6.07, 6.45) is 1.70. The number of nitrogens with zero attached hydrogens (tertiary/aromatic N) is 1. The Balaban J connectivity index is 1.82. The van der Waals surface area contributed by atoms with Gasteiger partial charge in [0.25, 0.3) is 0 Å². The number of ether oxygens (including phenoxy) is 2. The minimum atomic E-state index is -0.495. The maximum absolute atomic E-state index is 12.3. The smallest absolute Gasteiger partial charge is 0.363 e. The Labute approximate surface area is 155 Å². The van der Waals surface area contributed by atoms with Crippen LogP contribution in [0, 0.1) is 0 Å². The van der Waals surface area contributed by atoms with Crippen molar-refractivity contribution in [2.75, 3.05) is 7.11 Å². The van der Waals surface area contributed by atoms with E-state index in [0.29, 0.717) is 16.3 Å². The monoisotopic (exact) mass is 363 g/mol. The lowest BCUT2D eigenvalue weighted by Crippen LogP contribution is -2.05. The number of carbonyl (C=O) groups is 1. The molecule has 0 radical (unpaired) electrons. The van der Waals surface area contributed by atoms with Crippen molar-refractivity contribution in [3.63, 3.8) is 0 Å². The molecule has 0 atom stereocenters. The molecule has 26 heavy (non-hydrogen) atoms. The summed E-state index contributed by atoms with van der Waals surface area (Å²) >= 11 is 5.90. The van der Waals surface area contributed by atoms with E-state index in [-0.39, 0.29) is 11.6 Å². The number of hydrogen-bond donors (Lipinski definition) is 0. The molecule has 3 aromatic carbocycles. The number of halogens is 1. The Kier molecular flexibility index (Phi) is 4.19. The molecule has 0 fully saturated rings. The number of rotatable bonds is 3. The highest BCUT2D eigenvalue weighted by molar-refractivity contribution is 6.30. The Morgan fingerprint density at radius 2 is 1.81 bits per heavy atom. The van der Waals surface area contributed by atoms with Crippen LogP contribution < -0.4 is 4.74 Å². The number of benzene rings is 3. The lowest BCUT2D eigenvalue weighted by atomic mass is 10.0. The third-order valence-electron chi connectivity index (χ3n) is 4.14. The summed E-state index contributed by atoms with van der Waals surface area (Å²) in [4.78, 5) is 16.6. The van der Waals surface area contributed by atoms with Crippen LogP contribution in [-0.2, 0) is 9.53 Å². The number of cyclic esters (lactones) is 1. The van der Waals surface area contributed by atoms with Crippen molar-refractivity contribution in [3.05, 3.63) is 82.5 Å². The summed E-state index contributed by atoms with van der Waals surface area (Å²) in [6.45, 7) is 0. The van der Waals surface area contributed by atoms with Gasteiger partial charge in [0.05, 0.1) is 7.11 Å². The molecule has 1 heterocycles. The van der Waals surface area contributed by atoms with Crippen molar-refractivity contribution in [1.29, 1.82) is 0 Å². The van der Waals surface area contributed by atoms with Crippen LogP contribution in [0.4, 0.5) is 0 Å². The molecule has 128 valence electrons. The highest BCUT2D eigenvalue weighted by Gasteiger charge is 2.25. The van der Waals surface area contributed by atoms with E-state index >= 15 is 0 Å². The van der Waals surface area contributed by atoms with Crippen LogP contribution in [0.1, 0.15) is 11.1 Å². The fourth-order valence-electron chi connectivity index (χ4n) is 2.86. The van der Waals surface area contributed by atoms with Gasteiger partial charge in [-0.2, -0.15) is 0 Å². The molecule has 4 nitrogen and oxygen atoms in total. The summed E-state index contributed by atoms with van der Waals surface area (Å²) < 4.78 is 10.8. The first kappa shape index (κ1) is 16.4. The summed E-state index contributed by atoms with van der Waals surface area (Å²) in [6, 6.07) is 18.7. The zero-order valence-electron chi connectivity index (χ0n) is 13.9.